The predicted octanol–water partition coefficient (Wildman–Crippen LogP) is 3.45. The van der Waals surface area contributed by atoms with Gasteiger partial charge in [-0.05, 0) is 26.8 Å². The number of piperazine rings is 1. The van der Waals surface area contributed by atoms with Crippen molar-refractivity contribution in [2.24, 2.45) is 0 Å². The number of carbonyl (C=O) groups is 2. The van der Waals surface area contributed by atoms with E-state index in [4.69, 9.17) is 16.3 Å². The number of alkyl halides is 3. The molecule has 0 aromatic carbocycles. The number of carbonyl (C=O) groups excluding carboxylic acids is 2. The van der Waals surface area contributed by atoms with E-state index in [0.717, 1.165) is 0 Å². The number of rotatable bonds is 1. The Kier molecular flexibility index (Phi) is 5.70. The summed E-state index contributed by atoms with van der Waals surface area (Å²) in [5, 5.41) is -0.362. The monoisotopic (exact) mass is 393 g/mol. The van der Waals surface area contributed by atoms with Crippen molar-refractivity contribution in [3.63, 3.8) is 0 Å². The Bertz CT molecular complexity index is 696. The van der Waals surface area contributed by atoms with Gasteiger partial charge in [0.05, 0.1) is 10.6 Å². The van der Waals surface area contributed by atoms with E-state index >= 15 is 0 Å². The SMILES string of the molecule is CC(C)(C)OC(=O)N1CCN(C(=O)c2ncc(C(F)(F)F)cc2Cl)CC1. The van der Waals surface area contributed by atoms with Crippen LogP contribution in [0.25, 0.3) is 0 Å². The van der Waals surface area contributed by atoms with E-state index in [1.54, 1.807) is 20.8 Å². The minimum atomic E-state index is -4.59. The summed E-state index contributed by atoms with van der Waals surface area (Å²) in [4.78, 5) is 30.9. The Morgan fingerprint density at radius 2 is 1.65 bits per heavy atom. The Hall–Kier alpha value is -2.03. The average molecular weight is 394 g/mol. The van der Waals surface area contributed by atoms with Crippen molar-refractivity contribution in [2.45, 2.75) is 32.5 Å². The number of halogens is 4. The summed E-state index contributed by atoms with van der Waals surface area (Å²) in [5.74, 6) is -0.576. The lowest BCUT2D eigenvalue weighted by Gasteiger charge is -2.35. The lowest BCUT2D eigenvalue weighted by Crippen LogP contribution is -2.51. The fourth-order valence-corrected chi connectivity index (χ4v) is 2.57. The van der Waals surface area contributed by atoms with Crippen LogP contribution in [0, 0.1) is 0 Å². The van der Waals surface area contributed by atoms with Crippen molar-refractivity contribution in [2.75, 3.05) is 26.2 Å². The maximum Gasteiger partial charge on any atom is 0.417 e. The summed E-state index contributed by atoms with van der Waals surface area (Å²) < 4.78 is 43.2. The number of ether oxygens (including phenoxy) is 1. The van der Waals surface area contributed by atoms with E-state index in [2.05, 4.69) is 4.98 Å². The molecular weight excluding hydrogens is 375 g/mol. The van der Waals surface area contributed by atoms with Crippen molar-refractivity contribution < 1.29 is 27.5 Å². The molecule has 0 atom stereocenters. The molecule has 1 aromatic heterocycles. The second-order valence-corrected chi connectivity index (χ2v) is 7.22. The van der Waals surface area contributed by atoms with Crippen LogP contribution < -0.4 is 0 Å². The Morgan fingerprint density at radius 1 is 1.12 bits per heavy atom. The van der Waals surface area contributed by atoms with Gasteiger partial charge >= 0.3 is 12.3 Å². The van der Waals surface area contributed by atoms with Gasteiger partial charge < -0.3 is 14.5 Å². The first-order chi connectivity index (χ1) is 11.9. The normalized spacial score (nSPS) is 15.8. The maximum absolute atomic E-state index is 12.6. The van der Waals surface area contributed by atoms with Crippen LogP contribution in [0.4, 0.5) is 18.0 Å². The van der Waals surface area contributed by atoms with Gasteiger partial charge in [0.2, 0.25) is 0 Å². The molecule has 10 heteroatoms. The quantitative estimate of drug-likeness (QED) is 0.733. The summed E-state index contributed by atoms with van der Waals surface area (Å²) in [6.07, 6.45) is -4.48. The molecular formula is C16H19ClF3N3O3. The molecule has 0 bridgehead atoms. The molecule has 2 rings (SSSR count). The zero-order valence-electron chi connectivity index (χ0n) is 14.6. The molecule has 2 amide bonds. The molecule has 26 heavy (non-hydrogen) atoms. The molecule has 144 valence electrons. The highest BCUT2D eigenvalue weighted by atomic mass is 35.5. The summed E-state index contributed by atoms with van der Waals surface area (Å²) in [5.41, 5.74) is -1.89. The molecule has 1 fully saturated rings. The van der Waals surface area contributed by atoms with Crippen molar-refractivity contribution in [3.05, 3.63) is 28.5 Å². The van der Waals surface area contributed by atoms with Crippen molar-refractivity contribution in [1.82, 2.24) is 14.8 Å². The fraction of sp³-hybridized carbons (Fsp3) is 0.562. The summed E-state index contributed by atoms with van der Waals surface area (Å²) in [6.45, 7) is 6.17. The van der Waals surface area contributed by atoms with Crippen molar-refractivity contribution in [3.8, 4) is 0 Å². The van der Waals surface area contributed by atoms with E-state index in [0.29, 0.717) is 12.3 Å². The molecule has 6 nitrogen and oxygen atoms in total. The fourth-order valence-electron chi connectivity index (χ4n) is 2.32. The zero-order valence-corrected chi connectivity index (χ0v) is 15.3. The second-order valence-electron chi connectivity index (χ2n) is 6.81. The van der Waals surface area contributed by atoms with E-state index in [-0.39, 0.29) is 36.9 Å². The zero-order chi connectivity index (χ0) is 19.7. The van der Waals surface area contributed by atoms with Crippen LogP contribution in [-0.4, -0.2) is 58.6 Å². The molecule has 0 spiro atoms. The first kappa shape index (κ1) is 20.3. The number of aromatic nitrogens is 1. The molecule has 0 saturated carbocycles. The van der Waals surface area contributed by atoms with Gasteiger partial charge in [0.15, 0.2) is 0 Å². The van der Waals surface area contributed by atoms with Crippen LogP contribution in [0.3, 0.4) is 0 Å². The van der Waals surface area contributed by atoms with Gasteiger partial charge in [-0.2, -0.15) is 13.2 Å². The average Bonchev–Trinajstić information content (AvgIpc) is 2.52. The van der Waals surface area contributed by atoms with Crippen molar-refractivity contribution >= 4 is 23.6 Å². The largest absolute Gasteiger partial charge is 0.444 e. The Morgan fingerprint density at radius 3 is 2.12 bits per heavy atom. The number of pyridine rings is 1. The van der Waals surface area contributed by atoms with Gasteiger partial charge in [-0.25, -0.2) is 9.78 Å². The molecule has 1 aromatic rings. The molecule has 0 radical (unpaired) electrons. The summed E-state index contributed by atoms with van der Waals surface area (Å²) in [6, 6.07) is 0.679. The highest BCUT2D eigenvalue weighted by Gasteiger charge is 2.33. The third kappa shape index (κ3) is 5.00. The van der Waals surface area contributed by atoms with Gasteiger partial charge in [0.1, 0.15) is 11.3 Å². The van der Waals surface area contributed by atoms with E-state index in [1.807, 2.05) is 0 Å². The first-order valence-corrected chi connectivity index (χ1v) is 8.26. The molecule has 2 heterocycles. The lowest BCUT2D eigenvalue weighted by molar-refractivity contribution is -0.137. The van der Waals surface area contributed by atoms with Gasteiger partial charge in [0.25, 0.3) is 5.91 Å². The van der Waals surface area contributed by atoms with Crippen LogP contribution in [-0.2, 0) is 10.9 Å². The Labute approximate surface area is 153 Å². The second kappa shape index (κ2) is 7.30. The Balaban J connectivity index is 2.01. The van der Waals surface area contributed by atoms with E-state index < -0.39 is 29.3 Å². The van der Waals surface area contributed by atoms with Crippen LogP contribution in [0.15, 0.2) is 12.3 Å². The van der Waals surface area contributed by atoms with Crippen LogP contribution in [0.2, 0.25) is 5.02 Å². The molecule has 1 saturated heterocycles. The standard InChI is InChI=1S/C16H19ClF3N3O3/c1-15(2,3)26-14(25)23-6-4-22(5-7-23)13(24)12-11(17)8-10(9-21-12)16(18,19)20/h8-9H,4-7H2,1-3H3. The highest BCUT2D eigenvalue weighted by molar-refractivity contribution is 6.33. The number of amides is 2. The molecule has 1 aliphatic heterocycles. The smallest absolute Gasteiger partial charge is 0.417 e. The van der Waals surface area contributed by atoms with E-state index in [1.165, 1.54) is 9.80 Å². The van der Waals surface area contributed by atoms with Gasteiger partial charge in [-0.15, -0.1) is 0 Å². The lowest BCUT2D eigenvalue weighted by atomic mass is 10.2. The van der Waals surface area contributed by atoms with Crippen LogP contribution in [0.5, 0.6) is 0 Å². The van der Waals surface area contributed by atoms with Gasteiger partial charge in [0, 0.05) is 32.4 Å². The molecule has 0 aliphatic carbocycles. The molecule has 1 aliphatic rings. The van der Waals surface area contributed by atoms with Crippen molar-refractivity contribution in [1.29, 1.82) is 0 Å². The third-order valence-electron chi connectivity index (χ3n) is 3.59. The third-order valence-corrected chi connectivity index (χ3v) is 3.88. The minimum absolute atomic E-state index is 0.205. The van der Waals surface area contributed by atoms with Gasteiger partial charge in [-0.1, -0.05) is 11.6 Å². The number of nitrogens with zero attached hydrogens (tertiary/aromatic N) is 3. The summed E-state index contributed by atoms with van der Waals surface area (Å²) in [7, 11) is 0. The minimum Gasteiger partial charge on any atom is -0.444 e. The van der Waals surface area contributed by atoms with Crippen LogP contribution in [0.1, 0.15) is 36.8 Å². The number of hydrogen-bond donors (Lipinski definition) is 0. The highest BCUT2D eigenvalue weighted by Crippen LogP contribution is 2.31. The molecule has 0 N–H and O–H groups in total. The van der Waals surface area contributed by atoms with Gasteiger partial charge in [-0.3, -0.25) is 4.79 Å². The summed E-state index contributed by atoms with van der Waals surface area (Å²) >= 11 is 5.81. The first-order valence-electron chi connectivity index (χ1n) is 7.88. The van der Waals surface area contributed by atoms with E-state index in [9.17, 15) is 22.8 Å². The van der Waals surface area contributed by atoms with Crippen LogP contribution >= 0.6 is 11.6 Å². The number of hydrogen-bond acceptors (Lipinski definition) is 4. The maximum atomic E-state index is 12.6. The molecule has 0 unspecified atom stereocenters. The topological polar surface area (TPSA) is 62.7 Å². The predicted molar refractivity (Wildman–Crippen MR) is 88.0 cm³/mol.